The Balaban J connectivity index is 1.80. The van der Waals surface area contributed by atoms with Gasteiger partial charge in [0.1, 0.15) is 5.75 Å². The van der Waals surface area contributed by atoms with E-state index in [1.165, 1.54) is 0 Å². The van der Waals surface area contributed by atoms with Crippen molar-refractivity contribution in [2.45, 2.75) is 26.9 Å². The van der Waals surface area contributed by atoms with E-state index in [4.69, 9.17) is 4.74 Å². The molecule has 0 aliphatic carbocycles. The fourth-order valence-electron chi connectivity index (χ4n) is 3.64. The molecule has 8 heteroatoms. The minimum atomic E-state index is -0.761. The van der Waals surface area contributed by atoms with Gasteiger partial charge >= 0.3 is 5.69 Å². The molecule has 1 N–H and O–H groups in total. The Morgan fingerprint density at radius 1 is 0.914 bits per heavy atom. The number of hydrogen-bond acceptors (Lipinski definition) is 5. The van der Waals surface area contributed by atoms with Crippen LogP contribution in [0.1, 0.15) is 32.7 Å². The summed E-state index contributed by atoms with van der Waals surface area (Å²) in [6.07, 6.45) is 0. The molecule has 0 spiro atoms. The molecule has 1 amide bonds. The molecule has 0 aliphatic heterocycles. The molecule has 0 unspecified atom stereocenters. The van der Waals surface area contributed by atoms with Crippen LogP contribution >= 0.6 is 0 Å². The first-order valence-corrected chi connectivity index (χ1v) is 11.1. The molecule has 8 nitrogen and oxygen atoms in total. The molecule has 3 aromatic carbocycles. The van der Waals surface area contributed by atoms with Gasteiger partial charge in [-0.15, -0.1) is 0 Å². The van der Waals surface area contributed by atoms with Crippen LogP contribution in [0.25, 0.3) is 5.69 Å². The molecule has 0 aliphatic rings. The van der Waals surface area contributed by atoms with Gasteiger partial charge in [-0.05, 0) is 60.4 Å². The predicted molar refractivity (Wildman–Crippen MR) is 133 cm³/mol. The summed E-state index contributed by atoms with van der Waals surface area (Å²) in [6.45, 7) is 4.06. The SMILES string of the molecule is COc1cccc(Cn2c(=O)c(C(=O)NCc3ccccc3)nn(-c3ccc(C)c(C)c3)c2=O)c1. The topological polar surface area (TPSA) is 95.2 Å². The Morgan fingerprint density at radius 2 is 1.66 bits per heavy atom. The number of aromatic nitrogens is 3. The quantitative estimate of drug-likeness (QED) is 0.448. The van der Waals surface area contributed by atoms with Crippen molar-refractivity contribution in [2.24, 2.45) is 0 Å². The monoisotopic (exact) mass is 470 g/mol. The smallest absolute Gasteiger partial charge is 0.352 e. The van der Waals surface area contributed by atoms with Crippen LogP contribution in [0.15, 0.2) is 82.4 Å². The second kappa shape index (κ2) is 10.2. The molecule has 0 saturated carbocycles. The van der Waals surface area contributed by atoms with E-state index in [9.17, 15) is 14.4 Å². The number of carbonyl (C=O) groups excluding carboxylic acids is 1. The van der Waals surface area contributed by atoms with Crippen LogP contribution in [0.4, 0.5) is 0 Å². The average molecular weight is 471 g/mol. The lowest BCUT2D eigenvalue weighted by Gasteiger charge is -2.13. The summed E-state index contributed by atoms with van der Waals surface area (Å²) < 4.78 is 7.38. The minimum Gasteiger partial charge on any atom is -0.497 e. The molecule has 0 fully saturated rings. The van der Waals surface area contributed by atoms with Crippen LogP contribution in [0.3, 0.4) is 0 Å². The standard InChI is InChI=1S/C27H26N4O4/c1-18-12-13-22(14-19(18)2)31-27(34)30(17-21-10-7-11-23(15-21)35-3)26(33)24(29-31)25(32)28-16-20-8-5-4-6-9-20/h4-15H,16-17H2,1-3H3,(H,28,32). The first-order valence-electron chi connectivity index (χ1n) is 11.1. The number of amides is 1. The van der Waals surface area contributed by atoms with Crippen LogP contribution in [-0.4, -0.2) is 27.4 Å². The highest BCUT2D eigenvalue weighted by molar-refractivity contribution is 5.91. The van der Waals surface area contributed by atoms with E-state index < -0.39 is 17.2 Å². The summed E-state index contributed by atoms with van der Waals surface area (Å²) >= 11 is 0. The van der Waals surface area contributed by atoms with Crippen molar-refractivity contribution in [3.05, 3.63) is 122 Å². The third-order valence-corrected chi connectivity index (χ3v) is 5.78. The lowest BCUT2D eigenvalue weighted by atomic mass is 10.1. The fourth-order valence-corrected chi connectivity index (χ4v) is 3.64. The van der Waals surface area contributed by atoms with Crippen LogP contribution in [0.5, 0.6) is 5.75 Å². The van der Waals surface area contributed by atoms with Gasteiger partial charge < -0.3 is 10.1 Å². The number of aryl methyl sites for hydroxylation is 2. The second-order valence-electron chi connectivity index (χ2n) is 8.22. The zero-order valence-electron chi connectivity index (χ0n) is 19.8. The van der Waals surface area contributed by atoms with Crippen LogP contribution in [-0.2, 0) is 13.1 Å². The Morgan fingerprint density at radius 3 is 2.37 bits per heavy atom. The highest BCUT2D eigenvalue weighted by Crippen LogP contribution is 2.14. The van der Waals surface area contributed by atoms with E-state index in [2.05, 4.69) is 10.4 Å². The van der Waals surface area contributed by atoms with E-state index in [-0.39, 0.29) is 18.8 Å². The summed E-state index contributed by atoms with van der Waals surface area (Å²) in [6, 6.07) is 21.8. The second-order valence-corrected chi connectivity index (χ2v) is 8.22. The molecule has 1 aromatic heterocycles. The van der Waals surface area contributed by atoms with Crippen molar-refractivity contribution in [1.29, 1.82) is 0 Å². The minimum absolute atomic E-state index is 0.0405. The van der Waals surface area contributed by atoms with E-state index in [1.807, 2.05) is 50.2 Å². The van der Waals surface area contributed by atoms with Gasteiger partial charge in [-0.1, -0.05) is 48.5 Å². The highest BCUT2D eigenvalue weighted by Gasteiger charge is 2.21. The Kier molecular flexibility index (Phi) is 6.91. The van der Waals surface area contributed by atoms with Crippen LogP contribution in [0.2, 0.25) is 0 Å². The lowest BCUT2D eigenvalue weighted by molar-refractivity contribution is 0.0941. The molecule has 0 radical (unpaired) electrons. The molecule has 1 heterocycles. The number of ether oxygens (including phenoxy) is 1. The average Bonchev–Trinajstić information content (AvgIpc) is 2.87. The van der Waals surface area contributed by atoms with Crippen LogP contribution < -0.4 is 21.3 Å². The van der Waals surface area contributed by atoms with E-state index >= 15 is 0 Å². The van der Waals surface area contributed by atoms with E-state index in [0.717, 1.165) is 25.9 Å². The van der Waals surface area contributed by atoms with E-state index in [1.54, 1.807) is 43.5 Å². The Labute approximate surface area is 202 Å². The molecule has 0 saturated heterocycles. The van der Waals surface area contributed by atoms with Crippen molar-refractivity contribution in [3.63, 3.8) is 0 Å². The Hall–Kier alpha value is -4.46. The molecular formula is C27H26N4O4. The number of nitrogens with one attached hydrogen (secondary N) is 1. The van der Waals surface area contributed by atoms with Gasteiger partial charge in [-0.2, -0.15) is 9.78 Å². The summed E-state index contributed by atoms with van der Waals surface area (Å²) in [7, 11) is 1.54. The maximum atomic E-state index is 13.4. The normalized spacial score (nSPS) is 10.7. The van der Waals surface area contributed by atoms with Crippen LogP contribution in [0, 0.1) is 13.8 Å². The van der Waals surface area contributed by atoms with Gasteiger partial charge in [0.15, 0.2) is 0 Å². The lowest BCUT2D eigenvalue weighted by Crippen LogP contribution is -2.46. The van der Waals surface area contributed by atoms with Gasteiger partial charge in [0, 0.05) is 6.54 Å². The predicted octanol–water partition coefficient (Wildman–Crippen LogP) is 3.00. The van der Waals surface area contributed by atoms with Crippen molar-refractivity contribution in [3.8, 4) is 11.4 Å². The molecule has 4 rings (SSSR count). The van der Waals surface area contributed by atoms with Gasteiger partial charge in [-0.25, -0.2) is 4.79 Å². The molecule has 0 bridgehead atoms. The fraction of sp³-hybridized carbons (Fsp3) is 0.185. The van der Waals surface area contributed by atoms with Crippen molar-refractivity contribution in [2.75, 3.05) is 7.11 Å². The number of rotatable bonds is 7. The van der Waals surface area contributed by atoms with E-state index in [0.29, 0.717) is 17.0 Å². The molecule has 178 valence electrons. The van der Waals surface area contributed by atoms with Gasteiger partial charge in [0.05, 0.1) is 19.3 Å². The summed E-state index contributed by atoms with van der Waals surface area (Å²) in [4.78, 5) is 39.7. The first-order chi connectivity index (χ1) is 16.9. The third kappa shape index (κ3) is 5.22. The van der Waals surface area contributed by atoms with Gasteiger partial charge in [0.2, 0.25) is 5.69 Å². The molecule has 35 heavy (non-hydrogen) atoms. The third-order valence-electron chi connectivity index (χ3n) is 5.78. The van der Waals surface area contributed by atoms with Crippen molar-refractivity contribution in [1.82, 2.24) is 19.7 Å². The number of hydrogen-bond donors (Lipinski definition) is 1. The first kappa shape index (κ1) is 23.7. The number of carbonyl (C=O) groups is 1. The summed E-state index contributed by atoms with van der Waals surface area (Å²) in [5.41, 5.74) is 2.27. The van der Waals surface area contributed by atoms with Crippen molar-refractivity contribution >= 4 is 5.91 Å². The molecule has 4 aromatic rings. The largest absolute Gasteiger partial charge is 0.497 e. The number of methoxy groups -OCH3 is 1. The van der Waals surface area contributed by atoms with Gasteiger partial charge in [0.25, 0.3) is 11.5 Å². The number of benzene rings is 3. The van der Waals surface area contributed by atoms with Crippen molar-refractivity contribution < 1.29 is 9.53 Å². The molecular weight excluding hydrogens is 444 g/mol. The summed E-state index contributed by atoms with van der Waals surface area (Å²) in [5.74, 6) is -0.0595. The summed E-state index contributed by atoms with van der Waals surface area (Å²) in [5, 5.41) is 6.93. The highest BCUT2D eigenvalue weighted by atomic mass is 16.5. The maximum absolute atomic E-state index is 13.4. The van der Waals surface area contributed by atoms with Gasteiger partial charge in [-0.3, -0.25) is 14.2 Å². The number of nitrogens with zero attached hydrogens (tertiary/aromatic N) is 3. The molecule has 0 atom stereocenters. The zero-order valence-corrected chi connectivity index (χ0v) is 19.8. The Bertz CT molecular complexity index is 1490. The maximum Gasteiger partial charge on any atom is 0.352 e. The zero-order chi connectivity index (χ0) is 24.9.